The van der Waals surface area contributed by atoms with Gasteiger partial charge in [-0.2, -0.15) is 0 Å². The zero-order chi connectivity index (χ0) is 12.8. The van der Waals surface area contributed by atoms with Crippen molar-refractivity contribution >= 4 is 5.78 Å². The number of carbonyl (C=O) groups excluding carboxylic acids is 1. The number of hydrogen-bond acceptors (Lipinski definition) is 2. The molecule has 1 aliphatic heterocycles. The van der Waals surface area contributed by atoms with E-state index in [1.54, 1.807) is 6.92 Å². The Kier molecular flexibility index (Phi) is 16.5. The van der Waals surface area contributed by atoms with Crippen LogP contribution in [0.4, 0.5) is 0 Å². The Morgan fingerprint density at radius 3 is 1.94 bits per heavy atom. The largest absolute Gasteiger partial charge is 0.303 e. The lowest BCUT2D eigenvalue weighted by atomic mass is 10.2. The van der Waals surface area contributed by atoms with Crippen molar-refractivity contribution in [3.05, 3.63) is 0 Å². The zero-order valence-electron chi connectivity index (χ0n) is 12.0. The van der Waals surface area contributed by atoms with Gasteiger partial charge in [-0.1, -0.05) is 34.1 Å². The molecule has 1 rings (SSSR count). The minimum Gasteiger partial charge on any atom is -0.303 e. The Hall–Kier alpha value is -0.370. The van der Waals surface area contributed by atoms with Crippen LogP contribution in [0.1, 0.15) is 66.7 Å². The fourth-order valence-electron chi connectivity index (χ4n) is 1.56. The highest BCUT2D eigenvalue weighted by molar-refractivity contribution is 5.75. The minimum atomic E-state index is 0.323. The van der Waals surface area contributed by atoms with Crippen molar-refractivity contribution in [2.45, 2.75) is 66.7 Å². The summed E-state index contributed by atoms with van der Waals surface area (Å²) in [7, 11) is 0. The maximum absolute atomic E-state index is 10.6. The lowest BCUT2D eigenvalue weighted by Crippen LogP contribution is -2.20. The predicted octanol–water partition coefficient (Wildman–Crippen LogP) is 3.89. The van der Waals surface area contributed by atoms with Gasteiger partial charge in [0.1, 0.15) is 5.78 Å². The van der Waals surface area contributed by atoms with Crippen LogP contribution in [0.3, 0.4) is 0 Å². The predicted molar refractivity (Wildman–Crippen MR) is 72.9 cm³/mol. The van der Waals surface area contributed by atoms with E-state index >= 15 is 0 Å². The lowest BCUT2D eigenvalue weighted by Gasteiger charge is -2.12. The highest BCUT2D eigenvalue weighted by atomic mass is 16.1. The van der Waals surface area contributed by atoms with E-state index in [2.05, 4.69) is 18.7 Å². The van der Waals surface area contributed by atoms with Crippen LogP contribution in [0.25, 0.3) is 0 Å². The Morgan fingerprint density at radius 1 is 1.12 bits per heavy atom. The second kappa shape index (κ2) is 14.6. The molecule has 0 aromatic carbocycles. The molecule has 2 heteroatoms. The third-order valence-corrected chi connectivity index (χ3v) is 2.20. The van der Waals surface area contributed by atoms with Gasteiger partial charge >= 0.3 is 0 Å². The number of Topliss-reactive ketones (excluding diaryl/α,β-unsaturated/α-hetero) is 1. The van der Waals surface area contributed by atoms with Crippen molar-refractivity contribution in [1.82, 2.24) is 4.90 Å². The number of hydrogen-bond donors (Lipinski definition) is 0. The van der Waals surface area contributed by atoms with E-state index in [0.717, 1.165) is 19.4 Å². The van der Waals surface area contributed by atoms with E-state index in [-0.39, 0.29) is 0 Å². The molecule has 0 aromatic heterocycles. The van der Waals surface area contributed by atoms with Gasteiger partial charge in [0.2, 0.25) is 0 Å². The van der Waals surface area contributed by atoms with Gasteiger partial charge < -0.3 is 9.69 Å². The fraction of sp³-hybridized carbons (Fsp3) is 0.929. The molecule has 0 saturated carbocycles. The zero-order valence-corrected chi connectivity index (χ0v) is 12.0. The molecule has 1 heterocycles. The van der Waals surface area contributed by atoms with E-state index in [0.29, 0.717) is 5.78 Å². The number of nitrogens with zero attached hydrogens (tertiary/aromatic N) is 1. The molecule has 1 fully saturated rings. The molecule has 0 radical (unpaired) electrons. The Balaban J connectivity index is 0. The molecule has 2 nitrogen and oxygen atoms in total. The van der Waals surface area contributed by atoms with Crippen LogP contribution in [0.5, 0.6) is 0 Å². The van der Waals surface area contributed by atoms with E-state index in [1.807, 2.05) is 13.8 Å². The van der Waals surface area contributed by atoms with Crippen LogP contribution in [0, 0.1) is 0 Å². The second-order valence-electron chi connectivity index (χ2n) is 4.06. The summed E-state index contributed by atoms with van der Waals surface area (Å²) in [4.78, 5) is 13.0. The summed E-state index contributed by atoms with van der Waals surface area (Å²) >= 11 is 0. The van der Waals surface area contributed by atoms with Crippen molar-refractivity contribution in [2.75, 3.05) is 19.6 Å². The van der Waals surface area contributed by atoms with Crippen LogP contribution in [-0.4, -0.2) is 30.3 Å². The molecule has 0 amide bonds. The van der Waals surface area contributed by atoms with Gasteiger partial charge in [0.15, 0.2) is 0 Å². The molecule has 1 aliphatic rings. The topological polar surface area (TPSA) is 20.3 Å². The smallest absolute Gasteiger partial charge is 0.129 e. The monoisotopic (exact) mass is 229 g/mol. The first kappa shape index (κ1) is 18.0. The lowest BCUT2D eigenvalue weighted by molar-refractivity contribution is -0.117. The van der Waals surface area contributed by atoms with Crippen LogP contribution < -0.4 is 0 Å². The van der Waals surface area contributed by atoms with Crippen LogP contribution in [-0.2, 0) is 4.79 Å². The number of carbonyl (C=O) groups is 1. The molecular weight excluding hydrogens is 198 g/mol. The quantitative estimate of drug-likeness (QED) is 0.729. The van der Waals surface area contributed by atoms with Crippen molar-refractivity contribution in [3.63, 3.8) is 0 Å². The van der Waals surface area contributed by atoms with Crippen molar-refractivity contribution in [1.29, 1.82) is 0 Å². The molecule has 98 valence electrons. The molecule has 0 aromatic rings. The standard InChI is InChI=1S/C9H17NO.C3H8.C2H6/c1-9(11)5-4-8-10-6-2-3-7-10;1-3-2;1-2/h2-8H2,1H3;3H2,1-2H3;1-2H3. The first-order chi connectivity index (χ1) is 7.70. The van der Waals surface area contributed by atoms with Gasteiger partial charge in [-0.3, -0.25) is 0 Å². The number of ketones is 1. The normalized spacial score (nSPS) is 14.6. The van der Waals surface area contributed by atoms with E-state index in [9.17, 15) is 4.79 Å². The van der Waals surface area contributed by atoms with Crippen LogP contribution >= 0.6 is 0 Å². The van der Waals surface area contributed by atoms with Crippen molar-refractivity contribution < 1.29 is 4.79 Å². The third-order valence-electron chi connectivity index (χ3n) is 2.20. The number of likely N-dealkylation sites (tertiary alicyclic amines) is 1. The molecule has 0 unspecified atom stereocenters. The summed E-state index contributed by atoms with van der Waals surface area (Å²) in [5, 5.41) is 0. The average molecular weight is 229 g/mol. The minimum absolute atomic E-state index is 0.323. The summed E-state index contributed by atoms with van der Waals surface area (Å²) in [5.41, 5.74) is 0. The highest BCUT2D eigenvalue weighted by Crippen LogP contribution is 2.08. The fourth-order valence-corrected chi connectivity index (χ4v) is 1.56. The van der Waals surface area contributed by atoms with Gasteiger partial charge in [0.05, 0.1) is 0 Å². The van der Waals surface area contributed by atoms with Gasteiger partial charge in [-0.05, 0) is 45.8 Å². The SMILES string of the molecule is CC.CC(=O)CCCN1CCCC1.CCC. The molecular formula is C14H31NO. The summed E-state index contributed by atoms with van der Waals surface area (Å²) in [6, 6.07) is 0. The Labute approximate surface area is 102 Å². The van der Waals surface area contributed by atoms with E-state index in [1.165, 1.54) is 32.4 Å². The average Bonchev–Trinajstić information content (AvgIpc) is 2.74. The molecule has 0 bridgehead atoms. The summed E-state index contributed by atoms with van der Waals surface area (Å²) < 4.78 is 0. The summed E-state index contributed by atoms with van der Waals surface area (Å²) in [6.07, 6.45) is 5.76. The first-order valence-corrected chi connectivity index (χ1v) is 6.92. The number of rotatable bonds is 4. The van der Waals surface area contributed by atoms with Crippen LogP contribution in [0.15, 0.2) is 0 Å². The maximum Gasteiger partial charge on any atom is 0.129 e. The maximum atomic E-state index is 10.6. The van der Waals surface area contributed by atoms with Crippen molar-refractivity contribution in [3.8, 4) is 0 Å². The summed E-state index contributed by atoms with van der Waals surface area (Å²) in [5.74, 6) is 0.323. The molecule has 0 atom stereocenters. The first-order valence-electron chi connectivity index (χ1n) is 6.92. The Bertz CT molecular complexity index is 140. The van der Waals surface area contributed by atoms with Crippen LogP contribution in [0.2, 0.25) is 0 Å². The highest BCUT2D eigenvalue weighted by Gasteiger charge is 2.10. The van der Waals surface area contributed by atoms with Gasteiger partial charge in [0.25, 0.3) is 0 Å². The second-order valence-corrected chi connectivity index (χ2v) is 4.06. The summed E-state index contributed by atoms with van der Waals surface area (Å²) in [6.45, 7) is 13.5. The van der Waals surface area contributed by atoms with Gasteiger partial charge in [-0.25, -0.2) is 0 Å². The van der Waals surface area contributed by atoms with Gasteiger partial charge in [-0.15, -0.1) is 0 Å². The van der Waals surface area contributed by atoms with E-state index in [4.69, 9.17) is 0 Å². The van der Waals surface area contributed by atoms with Crippen molar-refractivity contribution in [2.24, 2.45) is 0 Å². The molecule has 16 heavy (non-hydrogen) atoms. The third kappa shape index (κ3) is 13.6. The van der Waals surface area contributed by atoms with E-state index < -0.39 is 0 Å². The van der Waals surface area contributed by atoms with Gasteiger partial charge in [0, 0.05) is 6.42 Å². The Morgan fingerprint density at radius 2 is 1.56 bits per heavy atom. The molecule has 1 saturated heterocycles. The molecule has 0 N–H and O–H groups in total. The molecule has 0 spiro atoms. The molecule has 0 aliphatic carbocycles.